The van der Waals surface area contributed by atoms with Gasteiger partial charge in [0.2, 0.25) is 16.8 Å². The van der Waals surface area contributed by atoms with Crippen LogP contribution in [0.5, 0.6) is 5.75 Å². The molecule has 0 atom stereocenters. The number of amides is 1. The molecular formula is C21H18N4O3S. The van der Waals surface area contributed by atoms with Gasteiger partial charge in [0.1, 0.15) is 5.75 Å². The highest BCUT2D eigenvalue weighted by molar-refractivity contribution is 7.15. The van der Waals surface area contributed by atoms with Crippen molar-refractivity contribution in [1.82, 2.24) is 14.6 Å². The molecule has 0 spiro atoms. The first kappa shape index (κ1) is 18.8. The molecule has 0 aliphatic heterocycles. The summed E-state index contributed by atoms with van der Waals surface area (Å²) < 4.78 is 6.88. The molecule has 0 fully saturated rings. The van der Waals surface area contributed by atoms with Gasteiger partial charge in [0.25, 0.3) is 0 Å². The number of carbonyl (C=O) groups excluding carboxylic acids is 2. The molecular weight excluding hydrogens is 388 g/mol. The molecule has 29 heavy (non-hydrogen) atoms. The minimum atomic E-state index is -0.293. The average molecular weight is 406 g/mol. The number of rotatable bonds is 7. The summed E-state index contributed by atoms with van der Waals surface area (Å²) in [6.07, 6.45) is 0.209. The smallest absolute Gasteiger partial charge is 0.250 e. The summed E-state index contributed by atoms with van der Waals surface area (Å²) in [6, 6.07) is 16.6. The number of ketones is 1. The summed E-state index contributed by atoms with van der Waals surface area (Å²) in [5.74, 6) is 0.639. The highest BCUT2D eigenvalue weighted by atomic mass is 32.1. The fourth-order valence-electron chi connectivity index (χ4n) is 2.88. The number of nitrogens with one attached hydrogen (secondary N) is 1. The van der Waals surface area contributed by atoms with E-state index in [9.17, 15) is 9.59 Å². The van der Waals surface area contributed by atoms with Crippen LogP contribution in [0.4, 0.5) is 5.95 Å². The van der Waals surface area contributed by atoms with E-state index in [1.807, 2.05) is 35.7 Å². The van der Waals surface area contributed by atoms with Crippen molar-refractivity contribution in [3.8, 4) is 17.0 Å². The minimum absolute atomic E-state index is 0.0682. The Morgan fingerprint density at radius 3 is 2.55 bits per heavy atom. The Hall–Kier alpha value is -3.52. The van der Waals surface area contributed by atoms with Gasteiger partial charge in [-0.2, -0.15) is 4.98 Å². The zero-order chi connectivity index (χ0) is 20.2. The van der Waals surface area contributed by atoms with Gasteiger partial charge in [-0.05, 0) is 24.3 Å². The van der Waals surface area contributed by atoms with Crippen molar-refractivity contribution in [2.75, 3.05) is 12.4 Å². The quantitative estimate of drug-likeness (QED) is 0.468. The highest BCUT2D eigenvalue weighted by Gasteiger charge is 2.14. The van der Waals surface area contributed by atoms with Crippen molar-refractivity contribution in [2.45, 2.75) is 12.8 Å². The third kappa shape index (κ3) is 4.17. The molecule has 2 heterocycles. The molecule has 2 aromatic heterocycles. The number of aromatic nitrogens is 3. The van der Waals surface area contributed by atoms with Crippen LogP contribution < -0.4 is 10.1 Å². The maximum Gasteiger partial charge on any atom is 0.250 e. The standard InChI is InChI=1S/C21H18N4O3S/c1-28-16-9-7-14(8-10-16)17-13-29-21-23-20(24-25(17)21)22-19(27)12-11-18(26)15-5-3-2-4-6-15/h2-10,13H,11-12H2,1H3,(H,22,24,27). The van der Waals surface area contributed by atoms with Gasteiger partial charge in [-0.1, -0.05) is 30.3 Å². The van der Waals surface area contributed by atoms with E-state index in [1.165, 1.54) is 11.3 Å². The van der Waals surface area contributed by atoms with Crippen molar-refractivity contribution < 1.29 is 14.3 Å². The van der Waals surface area contributed by atoms with Gasteiger partial charge in [0.15, 0.2) is 5.78 Å². The summed E-state index contributed by atoms with van der Waals surface area (Å²) in [4.78, 5) is 29.4. The predicted octanol–water partition coefficient (Wildman–Crippen LogP) is 4.07. The van der Waals surface area contributed by atoms with E-state index in [0.717, 1.165) is 17.0 Å². The van der Waals surface area contributed by atoms with Gasteiger partial charge in [-0.15, -0.1) is 16.4 Å². The molecule has 1 N–H and O–H groups in total. The number of nitrogens with zero attached hydrogens (tertiary/aromatic N) is 3. The normalized spacial score (nSPS) is 10.8. The van der Waals surface area contributed by atoms with Gasteiger partial charge in [-0.3, -0.25) is 14.9 Å². The van der Waals surface area contributed by atoms with E-state index in [2.05, 4.69) is 15.4 Å². The summed E-state index contributed by atoms with van der Waals surface area (Å²) >= 11 is 1.43. The van der Waals surface area contributed by atoms with Crippen LogP contribution in [-0.4, -0.2) is 33.4 Å². The van der Waals surface area contributed by atoms with Crippen molar-refractivity contribution >= 4 is 33.9 Å². The first-order chi connectivity index (χ1) is 14.1. The lowest BCUT2D eigenvalue weighted by Gasteiger charge is -2.02. The van der Waals surface area contributed by atoms with E-state index in [-0.39, 0.29) is 30.5 Å². The summed E-state index contributed by atoms with van der Waals surface area (Å²) in [6.45, 7) is 0. The van der Waals surface area contributed by atoms with Gasteiger partial charge in [-0.25, -0.2) is 4.52 Å². The van der Waals surface area contributed by atoms with Gasteiger partial charge in [0, 0.05) is 29.3 Å². The molecule has 7 nitrogen and oxygen atoms in total. The molecule has 0 unspecified atom stereocenters. The highest BCUT2D eigenvalue weighted by Crippen LogP contribution is 2.27. The molecule has 8 heteroatoms. The number of ether oxygens (including phenoxy) is 1. The summed E-state index contributed by atoms with van der Waals surface area (Å²) in [7, 11) is 1.62. The van der Waals surface area contributed by atoms with Crippen LogP contribution >= 0.6 is 11.3 Å². The van der Waals surface area contributed by atoms with Gasteiger partial charge < -0.3 is 4.74 Å². The van der Waals surface area contributed by atoms with E-state index in [1.54, 1.807) is 35.9 Å². The molecule has 2 aromatic carbocycles. The summed E-state index contributed by atoms with van der Waals surface area (Å²) in [5.41, 5.74) is 2.44. The number of thiazole rings is 1. The first-order valence-electron chi connectivity index (χ1n) is 9.01. The molecule has 0 saturated heterocycles. The number of hydrogen-bond donors (Lipinski definition) is 1. The van der Waals surface area contributed by atoms with E-state index in [0.29, 0.717) is 10.5 Å². The maximum absolute atomic E-state index is 12.2. The van der Waals surface area contributed by atoms with Crippen molar-refractivity contribution in [2.24, 2.45) is 0 Å². The fraction of sp³-hybridized carbons (Fsp3) is 0.143. The minimum Gasteiger partial charge on any atom is -0.497 e. The Kier molecular flexibility index (Phi) is 5.35. The topological polar surface area (TPSA) is 85.6 Å². The molecule has 0 radical (unpaired) electrons. The molecule has 4 rings (SSSR count). The Morgan fingerprint density at radius 1 is 1.07 bits per heavy atom. The van der Waals surface area contributed by atoms with Crippen LogP contribution in [0.25, 0.3) is 16.2 Å². The third-order valence-corrected chi connectivity index (χ3v) is 5.21. The molecule has 0 aliphatic carbocycles. The van der Waals surface area contributed by atoms with Crippen molar-refractivity contribution in [3.63, 3.8) is 0 Å². The zero-order valence-corrected chi connectivity index (χ0v) is 16.5. The first-order valence-corrected chi connectivity index (χ1v) is 9.89. The van der Waals surface area contributed by atoms with Crippen LogP contribution in [0.15, 0.2) is 60.0 Å². The molecule has 146 valence electrons. The Labute approximate surface area is 171 Å². The number of anilines is 1. The second-order valence-electron chi connectivity index (χ2n) is 6.32. The predicted molar refractivity (Wildman–Crippen MR) is 111 cm³/mol. The largest absolute Gasteiger partial charge is 0.497 e. The second-order valence-corrected chi connectivity index (χ2v) is 7.15. The average Bonchev–Trinajstić information content (AvgIpc) is 3.33. The SMILES string of the molecule is COc1ccc(-c2csc3nc(NC(=O)CCC(=O)c4ccccc4)nn23)cc1. The Balaban J connectivity index is 1.42. The van der Waals surface area contributed by atoms with Crippen LogP contribution in [0.1, 0.15) is 23.2 Å². The lowest BCUT2D eigenvalue weighted by molar-refractivity contribution is -0.116. The van der Waals surface area contributed by atoms with E-state index in [4.69, 9.17) is 4.74 Å². The fourth-order valence-corrected chi connectivity index (χ4v) is 3.71. The molecule has 0 bridgehead atoms. The van der Waals surface area contributed by atoms with Crippen LogP contribution in [0.2, 0.25) is 0 Å². The van der Waals surface area contributed by atoms with Crippen LogP contribution in [0, 0.1) is 0 Å². The third-order valence-electron chi connectivity index (χ3n) is 4.39. The lowest BCUT2D eigenvalue weighted by atomic mass is 10.1. The summed E-state index contributed by atoms with van der Waals surface area (Å²) in [5, 5.41) is 9.02. The number of carbonyl (C=O) groups is 2. The molecule has 1 amide bonds. The lowest BCUT2D eigenvalue weighted by Crippen LogP contribution is -2.14. The van der Waals surface area contributed by atoms with Crippen LogP contribution in [-0.2, 0) is 4.79 Å². The number of Topliss-reactive ketones (excluding diaryl/α,β-unsaturated/α-hetero) is 1. The molecule has 0 aliphatic rings. The second kappa shape index (κ2) is 8.24. The van der Waals surface area contributed by atoms with Crippen molar-refractivity contribution in [3.05, 3.63) is 65.5 Å². The number of hydrogen-bond acceptors (Lipinski definition) is 6. The van der Waals surface area contributed by atoms with Crippen LogP contribution in [0.3, 0.4) is 0 Å². The van der Waals surface area contributed by atoms with Crippen molar-refractivity contribution in [1.29, 1.82) is 0 Å². The zero-order valence-electron chi connectivity index (χ0n) is 15.7. The Bertz CT molecular complexity index is 1150. The Morgan fingerprint density at radius 2 is 1.83 bits per heavy atom. The molecule has 0 saturated carbocycles. The molecule has 4 aromatic rings. The number of methoxy groups -OCH3 is 1. The monoisotopic (exact) mass is 406 g/mol. The number of fused-ring (bicyclic) bond motifs is 1. The van der Waals surface area contributed by atoms with Gasteiger partial charge >= 0.3 is 0 Å². The number of benzene rings is 2. The van der Waals surface area contributed by atoms with E-state index < -0.39 is 0 Å². The van der Waals surface area contributed by atoms with E-state index >= 15 is 0 Å². The van der Waals surface area contributed by atoms with Gasteiger partial charge in [0.05, 0.1) is 12.8 Å². The maximum atomic E-state index is 12.2.